The zero-order chi connectivity index (χ0) is 10.9. The number of hydrogen-bond donors (Lipinski definition) is 1. The standard InChI is InChI=1S/C9H7F3N2O/c10-9(11,12)5-14-8-6-2-4-15-7(6)1-3-13-8/h1-4H,5H2,(H,13,14). The van der Waals surface area contributed by atoms with Crippen LogP contribution in [0.1, 0.15) is 0 Å². The highest BCUT2D eigenvalue weighted by Crippen LogP contribution is 2.23. The van der Waals surface area contributed by atoms with Gasteiger partial charge in [-0.15, -0.1) is 0 Å². The summed E-state index contributed by atoms with van der Waals surface area (Å²) in [5.74, 6) is 0.179. The van der Waals surface area contributed by atoms with Crippen LogP contribution in [0.5, 0.6) is 0 Å². The summed E-state index contributed by atoms with van der Waals surface area (Å²) in [4.78, 5) is 3.81. The van der Waals surface area contributed by atoms with E-state index in [-0.39, 0.29) is 5.82 Å². The van der Waals surface area contributed by atoms with Crippen LogP contribution in [0.15, 0.2) is 29.0 Å². The van der Waals surface area contributed by atoms with E-state index < -0.39 is 12.7 Å². The lowest BCUT2D eigenvalue weighted by Crippen LogP contribution is -2.21. The van der Waals surface area contributed by atoms with Crippen LogP contribution >= 0.6 is 0 Å². The van der Waals surface area contributed by atoms with Crippen molar-refractivity contribution in [1.82, 2.24) is 4.98 Å². The maximum absolute atomic E-state index is 12.0. The first-order chi connectivity index (χ1) is 7.06. The molecule has 0 saturated heterocycles. The number of rotatable bonds is 2. The third kappa shape index (κ3) is 2.20. The number of alkyl halides is 3. The van der Waals surface area contributed by atoms with Crippen LogP contribution in [0.25, 0.3) is 11.0 Å². The molecule has 0 saturated carbocycles. The van der Waals surface area contributed by atoms with Crippen LogP contribution in [0.2, 0.25) is 0 Å². The second kappa shape index (κ2) is 3.45. The van der Waals surface area contributed by atoms with Crippen molar-refractivity contribution in [2.75, 3.05) is 11.9 Å². The number of pyridine rings is 1. The van der Waals surface area contributed by atoms with Crippen molar-refractivity contribution in [2.45, 2.75) is 6.18 Å². The molecule has 15 heavy (non-hydrogen) atoms. The van der Waals surface area contributed by atoms with Gasteiger partial charge in [0.2, 0.25) is 0 Å². The quantitative estimate of drug-likeness (QED) is 0.838. The Labute approximate surface area is 82.9 Å². The Bertz CT molecular complexity index is 464. The minimum Gasteiger partial charge on any atom is -0.464 e. The van der Waals surface area contributed by atoms with Crippen LogP contribution in [0.3, 0.4) is 0 Å². The van der Waals surface area contributed by atoms with Crippen molar-refractivity contribution in [3.63, 3.8) is 0 Å². The molecule has 0 atom stereocenters. The predicted octanol–water partition coefficient (Wildman–Crippen LogP) is 2.80. The molecule has 0 aliphatic rings. The second-order valence-electron chi connectivity index (χ2n) is 2.96. The van der Waals surface area contributed by atoms with Crippen LogP contribution in [-0.2, 0) is 0 Å². The van der Waals surface area contributed by atoms with Crippen LogP contribution in [0, 0.1) is 0 Å². The van der Waals surface area contributed by atoms with Crippen molar-refractivity contribution in [2.24, 2.45) is 0 Å². The summed E-state index contributed by atoms with van der Waals surface area (Å²) in [6.45, 7) is -1.11. The predicted molar refractivity (Wildman–Crippen MR) is 48.6 cm³/mol. The largest absolute Gasteiger partial charge is 0.464 e. The average molecular weight is 216 g/mol. The SMILES string of the molecule is FC(F)(F)CNc1nccc2occc12. The first kappa shape index (κ1) is 9.82. The Hall–Kier alpha value is -1.72. The van der Waals surface area contributed by atoms with Gasteiger partial charge in [-0.3, -0.25) is 0 Å². The molecule has 0 radical (unpaired) electrons. The van der Waals surface area contributed by atoms with Crippen LogP contribution in [-0.4, -0.2) is 17.7 Å². The molecule has 0 aromatic carbocycles. The second-order valence-corrected chi connectivity index (χ2v) is 2.96. The van der Waals surface area contributed by atoms with Gasteiger partial charge in [-0.2, -0.15) is 13.2 Å². The molecule has 0 aliphatic heterocycles. The van der Waals surface area contributed by atoms with Gasteiger partial charge in [-0.25, -0.2) is 4.98 Å². The number of furan rings is 1. The fourth-order valence-corrected chi connectivity index (χ4v) is 1.22. The van der Waals surface area contributed by atoms with Crippen molar-refractivity contribution in [1.29, 1.82) is 0 Å². The van der Waals surface area contributed by atoms with Gasteiger partial charge in [0.05, 0.1) is 11.6 Å². The van der Waals surface area contributed by atoms with Crippen LogP contribution in [0.4, 0.5) is 19.0 Å². The van der Waals surface area contributed by atoms with E-state index in [1.807, 2.05) is 0 Å². The summed E-state index contributed by atoms with van der Waals surface area (Å²) in [6.07, 6.45) is -1.46. The molecule has 80 valence electrons. The highest BCUT2D eigenvalue weighted by molar-refractivity contribution is 5.87. The normalized spacial score (nSPS) is 11.9. The fraction of sp³-hybridized carbons (Fsp3) is 0.222. The summed E-state index contributed by atoms with van der Waals surface area (Å²) in [5.41, 5.74) is 0.509. The summed E-state index contributed by atoms with van der Waals surface area (Å²) in [7, 11) is 0. The zero-order valence-corrected chi connectivity index (χ0v) is 7.51. The van der Waals surface area contributed by atoms with Gasteiger partial charge in [-0.1, -0.05) is 0 Å². The van der Waals surface area contributed by atoms with E-state index in [2.05, 4.69) is 10.3 Å². The molecule has 0 aliphatic carbocycles. The molecular weight excluding hydrogens is 209 g/mol. The van der Waals surface area contributed by atoms with Gasteiger partial charge in [-0.05, 0) is 12.1 Å². The highest BCUT2D eigenvalue weighted by atomic mass is 19.4. The van der Waals surface area contributed by atoms with E-state index in [9.17, 15) is 13.2 Å². The lowest BCUT2D eigenvalue weighted by atomic mass is 10.3. The Kier molecular flexibility index (Phi) is 2.26. The number of anilines is 1. The van der Waals surface area contributed by atoms with Gasteiger partial charge in [0.15, 0.2) is 0 Å². The van der Waals surface area contributed by atoms with E-state index in [1.54, 1.807) is 12.1 Å². The molecule has 0 unspecified atom stereocenters. The number of fused-ring (bicyclic) bond motifs is 1. The molecular formula is C9H7F3N2O. The maximum Gasteiger partial charge on any atom is 0.405 e. The molecule has 6 heteroatoms. The molecule has 2 rings (SSSR count). The maximum atomic E-state index is 12.0. The van der Waals surface area contributed by atoms with E-state index in [0.717, 1.165) is 0 Å². The average Bonchev–Trinajstić information content (AvgIpc) is 2.61. The van der Waals surface area contributed by atoms with Gasteiger partial charge < -0.3 is 9.73 Å². The molecule has 3 nitrogen and oxygen atoms in total. The highest BCUT2D eigenvalue weighted by Gasteiger charge is 2.27. The minimum absolute atomic E-state index is 0.179. The van der Waals surface area contributed by atoms with Gasteiger partial charge in [0, 0.05) is 6.20 Å². The molecule has 0 spiro atoms. The number of halogens is 3. The van der Waals surface area contributed by atoms with Crippen molar-refractivity contribution < 1.29 is 17.6 Å². The van der Waals surface area contributed by atoms with E-state index in [0.29, 0.717) is 11.0 Å². The number of hydrogen-bond acceptors (Lipinski definition) is 3. The third-order valence-corrected chi connectivity index (χ3v) is 1.84. The molecule has 2 heterocycles. The number of nitrogens with zero attached hydrogens (tertiary/aromatic N) is 1. The lowest BCUT2D eigenvalue weighted by Gasteiger charge is -2.08. The zero-order valence-electron chi connectivity index (χ0n) is 7.51. The van der Waals surface area contributed by atoms with Crippen molar-refractivity contribution >= 4 is 16.8 Å². The fourth-order valence-electron chi connectivity index (χ4n) is 1.22. The monoisotopic (exact) mass is 216 g/mol. The van der Waals surface area contributed by atoms with Crippen LogP contribution < -0.4 is 5.32 Å². The van der Waals surface area contributed by atoms with E-state index >= 15 is 0 Å². The minimum atomic E-state index is -4.26. The van der Waals surface area contributed by atoms with Crippen molar-refractivity contribution in [3.05, 3.63) is 24.6 Å². The van der Waals surface area contributed by atoms with Gasteiger partial charge in [0.25, 0.3) is 0 Å². The van der Waals surface area contributed by atoms with E-state index in [1.165, 1.54) is 12.5 Å². The summed E-state index contributed by atoms with van der Waals surface area (Å²) < 4.78 is 40.9. The van der Waals surface area contributed by atoms with Crippen molar-refractivity contribution in [3.8, 4) is 0 Å². The molecule has 0 bridgehead atoms. The Morgan fingerprint density at radius 1 is 1.33 bits per heavy atom. The lowest BCUT2D eigenvalue weighted by molar-refractivity contribution is -0.115. The molecule has 2 aromatic rings. The Balaban J connectivity index is 2.24. The summed E-state index contributed by atoms with van der Waals surface area (Å²) in [6, 6.07) is 3.16. The number of aromatic nitrogens is 1. The third-order valence-electron chi connectivity index (χ3n) is 1.84. The summed E-state index contributed by atoms with van der Waals surface area (Å²) >= 11 is 0. The smallest absolute Gasteiger partial charge is 0.405 e. The Morgan fingerprint density at radius 3 is 2.87 bits per heavy atom. The first-order valence-electron chi connectivity index (χ1n) is 4.19. The Morgan fingerprint density at radius 2 is 2.13 bits per heavy atom. The first-order valence-corrected chi connectivity index (χ1v) is 4.19. The topological polar surface area (TPSA) is 38.1 Å². The van der Waals surface area contributed by atoms with Gasteiger partial charge >= 0.3 is 6.18 Å². The molecule has 0 amide bonds. The molecule has 1 N–H and O–H groups in total. The van der Waals surface area contributed by atoms with E-state index in [4.69, 9.17) is 4.42 Å². The number of nitrogens with one attached hydrogen (secondary N) is 1. The molecule has 0 fully saturated rings. The summed E-state index contributed by atoms with van der Waals surface area (Å²) in [5, 5.41) is 2.76. The van der Waals surface area contributed by atoms with Gasteiger partial charge in [0.1, 0.15) is 17.9 Å². The molecule has 2 aromatic heterocycles.